The maximum Gasteiger partial charge on any atom is 0.422 e. The molecule has 2 aromatic heterocycles. The van der Waals surface area contributed by atoms with Gasteiger partial charge in [0.05, 0.1) is 11.3 Å². The Morgan fingerprint density at radius 2 is 1.67 bits per heavy atom. The van der Waals surface area contributed by atoms with Gasteiger partial charge >= 0.3 is 12.4 Å². The first-order valence-corrected chi connectivity index (χ1v) is 10.1. The van der Waals surface area contributed by atoms with Crippen LogP contribution in [0.15, 0.2) is 17.2 Å². The Balaban J connectivity index is 1.38. The first-order valence-electron chi connectivity index (χ1n) is 10.1. The van der Waals surface area contributed by atoms with E-state index in [2.05, 4.69) is 15.1 Å². The summed E-state index contributed by atoms with van der Waals surface area (Å²) < 4.78 is 77.7. The van der Waals surface area contributed by atoms with Crippen LogP contribution in [0.2, 0.25) is 0 Å². The van der Waals surface area contributed by atoms with Crippen LogP contribution in [0, 0.1) is 0 Å². The molecule has 0 bridgehead atoms. The number of hydrogen-bond donors (Lipinski definition) is 1. The lowest BCUT2D eigenvalue weighted by Gasteiger charge is -2.35. The number of anilines is 1. The van der Waals surface area contributed by atoms with E-state index in [4.69, 9.17) is 0 Å². The van der Waals surface area contributed by atoms with Crippen molar-refractivity contribution in [2.45, 2.75) is 37.5 Å². The second-order valence-corrected chi connectivity index (χ2v) is 7.87. The predicted molar refractivity (Wildman–Crippen MR) is 101 cm³/mol. The lowest BCUT2D eigenvalue weighted by molar-refractivity contribution is -0.139. The Morgan fingerprint density at radius 1 is 1.03 bits per heavy atom. The minimum Gasteiger partial charge on any atom is -0.339 e. The molecule has 2 aromatic rings. The monoisotopic (exact) mass is 476 g/mol. The molecule has 4 rings (SSSR count). The maximum absolute atomic E-state index is 13.2. The Kier molecular flexibility index (Phi) is 5.78. The summed E-state index contributed by atoms with van der Waals surface area (Å²) in [5, 5.41) is 5.66. The van der Waals surface area contributed by atoms with Crippen LogP contribution in [0.5, 0.6) is 0 Å². The summed E-state index contributed by atoms with van der Waals surface area (Å²) in [5.41, 5.74) is -3.58. The first-order chi connectivity index (χ1) is 15.4. The third-order valence-electron chi connectivity index (χ3n) is 5.83. The zero-order chi connectivity index (χ0) is 24.0. The van der Waals surface area contributed by atoms with Gasteiger partial charge in [-0.25, -0.2) is 15.1 Å². The van der Waals surface area contributed by atoms with Gasteiger partial charge in [-0.05, 0) is 18.4 Å². The van der Waals surface area contributed by atoms with E-state index in [0.717, 1.165) is 0 Å². The molecular formula is C19H18F6N6O2. The van der Waals surface area contributed by atoms with Gasteiger partial charge in [0, 0.05) is 50.9 Å². The lowest BCUT2D eigenvalue weighted by Crippen LogP contribution is -2.49. The first kappa shape index (κ1) is 23.0. The second kappa shape index (κ2) is 8.30. The topological polar surface area (TPSA) is 95.1 Å². The fourth-order valence-electron chi connectivity index (χ4n) is 4.17. The molecule has 8 nitrogen and oxygen atoms in total. The van der Waals surface area contributed by atoms with Crippen molar-refractivity contribution in [1.29, 1.82) is 0 Å². The molecule has 33 heavy (non-hydrogen) atoms. The number of carbonyl (C=O) groups is 1. The molecule has 1 aliphatic carbocycles. The Morgan fingerprint density at radius 3 is 2.24 bits per heavy atom. The summed E-state index contributed by atoms with van der Waals surface area (Å²) in [4.78, 5) is 35.0. The van der Waals surface area contributed by atoms with E-state index in [1.165, 1.54) is 4.90 Å². The van der Waals surface area contributed by atoms with Crippen molar-refractivity contribution in [3.05, 3.63) is 45.1 Å². The Bertz CT molecular complexity index is 1090. The minimum atomic E-state index is -4.81. The fourth-order valence-corrected chi connectivity index (χ4v) is 4.17. The van der Waals surface area contributed by atoms with Crippen molar-refractivity contribution < 1.29 is 31.1 Å². The summed E-state index contributed by atoms with van der Waals surface area (Å²) >= 11 is 0. The van der Waals surface area contributed by atoms with Gasteiger partial charge in [0.1, 0.15) is 5.56 Å². The molecule has 0 spiro atoms. The van der Waals surface area contributed by atoms with Crippen LogP contribution in [0.3, 0.4) is 0 Å². The van der Waals surface area contributed by atoms with E-state index in [1.54, 1.807) is 4.90 Å². The predicted octanol–water partition coefficient (Wildman–Crippen LogP) is 2.37. The van der Waals surface area contributed by atoms with Crippen LogP contribution < -0.4 is 10.5 Å². The number of amides is 1. The molecule has 0 aromatic carbocycles. The number of aromatic nitrogens is 4. The van der Waals surface area contributed by atoms with Gasteiger partial charge in [-0.3, -0.25) is 9.59 Å². The largest absolute Gasteiger partial charge is 0.422 e. The number of halogens is 6. The summed E-state index contributed by atoms with van der Waals surface area (Å²) in [7, 11) is 0. The molecule has 14 heteroatoms. The average molecular weight is 476 g/mol. The van der Waals surface area contributed by atoms with Gasteiger partial charge in [0.2, 0.25) is 11.9 Å². The van der Waals surface area contributed by atoms with E-state index in [-0.39, 0.29) is 55.5 Å². The number of nitrogens with one attached hydrogen (secondary N) is 1. The number of H-pyrrole nitrogens is 1. The van der Waals surface area contributed by atoms with Crippen LogP contribution in [-0.4, -0.2) is 57.2 Å². The molecule has 1 aliphatic heterocycles. The second-order valence-electron chi connectivity index (χ2n) is 7.87. The van der Waals surface area contributed by atoms with Crippen molar-refractivity contribution in [3.63, 3.8) is 0 Å². The van der Waals surface area contributed by atoms with Crippen molar-refractivity contribution >= 4 is 11.9 Å². The van der Waals surface area contributed by atoms with Crippen molar-refractivity contribution in [1.82, 2.24) is 25.1 Å². The van der Waals surface area contributed by atoms with E-state index >= 15 is 0 Å². The SMILES string of the molecule is O=C(C[C@H]1CCc2c1n[nH]c(=O)c2C(F)(F)F)N1CCN(c2ncc(C(F)(F)F)cn2)CC1. The Labute approximate surface area is 182 Å². The molecule has 0 saturated carbocycles. The smallest absolute Gasteiger partial charge is 0.339 e. The van der Waals surface area contributed by atoms with E-state index in [0.29, 0.717) is 25.5 Å². The summed E-state index contributed by atoms with van der Waals surface area (Å²) in [6.07, 6.45) is -7.72. The zero-order valence-electron chi connectivity index (χ0n) is 17.0. The highest BCUT2D eigenvalue weighted by molar-refractivity contribution is 5.77. The highest BCUT2D eigenvalue weighted by atomic mass is 19.4. The van der Waals surface area contributed by atoms with Crippen LogP contribution in [0.4, 0.5) is 32.3 Å². The highest BCUT2D eigenvalue weighted by Crippen LogP contribution is 2.39. The summed E-state index contributed by atoms with van der Waals surface area (Å²) in [5.74, 6) is -0.697. The number of aromatic amines is 1. The number of alkyl halides is 6. The standard InChI is InChI=1S/C19H18F6N6O2/c20-18(21,22)11-8-26-17(27-9-11)31-5-3-30(4-6-31)13(32)7-10-1-2-12-14(19(23,24)25)16(33)29-28-15(10)12/h8-10H,1-7H2,(H,29,33)/t10-/m1/s1. The van der Waals surface area contributed by atoms with Gasteiger partial charge in [-0.15, -0.1) is 0 Å². The zero-order valence-corrected chi connectivity index (χ0v) is 17.0. The number of rotatable bonds is 3. The number of carbonyl (C=O) groups excluding carboxylic acids is 1. The lowest BCUT2D eigenvalue weighted by atomic mass is 10.0. The molecule has 1 atom stereocenters. The van der Waals surface area contributed by atoms with E-state index in [9.17, 15) is 35.9 Å². The molecule has 2 aliphatic rings. The van der Waals surface area contributed by atoms with Gasteiger partial charge in [0.15, 0.2) is 0 Å². The number of piperazine rings is 1. The third kappa shape index (κ3) is 4.64. The van der Waals surface area contributed by atoms with Gasteiger partial charge < -0.3 is 9.80 Å². The highest BCUT2D eigenvalue weighted by Gasteiger charge is 2.42. The normalized spacial score (nSPS) is 19.0. The van der Waals surface area contributed by atoms with Crippen LogP contribution in [0.1, 0.15) is 41.1 Å². The van der Waals surface area contributed by atoms with E-state index in [1.807, 2.05) is 5.10 Å². The molecular weight excluding hydrogens is 458 g/mol. The third-order valence-corrected chi connectivity index (χ3v) is 5.83. The maximum atomic E-state index is 13.2. The quantitative estimate of drug-likeness (QED) is 0.684. The minimum absolute atomic E-state index is 0.0120. The molecule has 1 N–H and O–H groups in total. The molecule has 0 unspecified atom stereocenters. The van der Waals surface area contributed by atoms with Crippen molar-refractivity contribution in [2.24, 2.45) is 0 Å². The molecule has 3 heterocycles. The number of fused-ring (bicyclic) bond motifs is 1. The molecule has 1 amide bonds. The van der Waals surface area contributed by atoms with Gasteiger partial charge in [-0.2, -0.15) is 31.4 Å². The van der Waals surface area contributed by atoms with Crippen LogP contribution in [-0.2, 0) is 23.6 Å². The molecule has 0 radical (unpaired) electrons. The van der Waals surface area contributed by atoms with Crippen LogP contribution >= 0.6 is 0 Å². The van der Waals surface area contributed by atoms with Crippen molar-refractivity contribution in [2.75, 3.05) is 31.1 Å². The van der Waals surface area contributed by atoms with Gasteiger partial charge in [0.25, 0.3) is 5.56 Å². The van der Waals surface area contributed by atoms with E-state index < -0.39 is 35.0 Å². The summed E-state index contributed by atoms with van der Waals surface area (Å²) in [6.45, 7) is 1.11. The average Bonchev–Trinajstić information content (AvgIpc) is 3.14. The van der Waals surface area contributed by atoms with Crippen molar-refractivity contribution in [3.8, 4) is 0 Å². The van der Waals surface area contributed by atoms with Gasteiger partial charge in [-0.1, -0.05) is 0 Å². The Hall–Kier alpha value is -3.19. The summed E-state index contributed by atoms with van der Waals surface area (Å²) in [6, 6.07) is 0. The number of nitrogens with zero attached hydrogens (tertiary/aromatic N) is 5. The number of hydrogen-bond acceptors (Lipinski definition) is 6. The van der Waals surface area contributed by atoms with Crippen LogP contribution in [0.25, 0.3) is 0 Å². The molecule has 1 fully saturated rings. The molecule has 178 valence electrons. The fraction of sp³-hybridized carbons (Fsp3) is 0.526. The molecule has 1 saturated heterocycles.